The zero-order valence-electron chi connectivity index (χ0n) is 22.5. The molecule has 2 atom stereocenters. The molecule has 0 aliphatic rings. The number of halogens is 3. The Labute approximate surface area is 244 Å². The Balaban J connectivity index is 2.08. The van der Waals surface area contributed by atoms with Gasteiger partial charge in [0, 0.05) is 29.1 Å². The molecule has 3 rings (SSSR count). The summed E-state index contributed by atoms with van der Waals surface area (Å²) in [6, 6.07) is 17.7. The molecule has 214 valence electrons. The molecule has 40 heavy (non-hydrogen) atoms. The number of carbonyl (C=O) groups excluding carboxylic acids is 2. The molecule has 0 saturated carbocycles. The van der Waals surface area contributed by atoms with Crippen LogP contribution in [0.5, 0.6) is 0 Å². The van der Waals surface area contributed by atoms with E-state index in [9.17, 15) is 22.4 Å². The van der Waals surface area contributed by atoms with Crippen LogP contribution in [-0.2, 0) is 32.6 Å². The summed E-state index contributed by atoms with van der Waals surface area (Å²) >= 11 is 12.5. The van der Waals surface area contributed by atoms with Gasteiger partial charge in [-0.1, -0.05) is 66.5 Å². The maximum atomic E-state index is 14.0. The van der Waals surface area contributed by atoms with E-state index >= 15 is 0 Å². The molecule has 0 aromatic heterocycles. The molecular weight excluding hydrogens is 576 g/mol. The second kappa shape index (κ2) is 14.0. The lowest BCUT2D eigenvalue weighted by molar-refractivity contribution is -0.140. The molecule has 7 nitrogen and oxygen atoms in total. The van der Waals surface area contributed by atoms with E-state index < -0.39 is 34.3 Å². The van der Waals surface area contributed by atoms with E-state index in [1.54, 1.807) is 12.1 Å². The Morgan fingerprint density at radius 2 is 1.65 bits per heavy atom. The quantitative estimate of drug-likeness (QED) is 0.296. The molecule has 11 heteroatoms. The lowest BCUT2D eigenvalue weighted by atomic mass is 10.0. The van der Waals surface area contributed by atoms with Gasteiger partial charge in [-0.3, -0.25) is 13.9 Å². The summed E-state index contributed by atoms with van der Waals surface area (Å²) in [5.41, 5.74) is 1.46. The highest BCUT2D eigenvalue weighted by Crippen LogP contribution is 2.25. The number of benzene rings is 3. The van der Waals surface area contributed by atoms with Crippen molar-refractivity contribution < 1.29 is 22.4 Å². The van der Waals surface area contributed by atoms with Crippen molar-refractivity contribution in [3.63, 3.8) is 0 Å². The fourth-order valence-electron chi connectivity index (χ4n) is 4.05. The largest absolute Gasteiger partial charge is 0.352 e. The second-order valence-electron chi connectivity index (χ2n) is 9.53. The van der Waals surface area contributed by atoms with E-state index in [0.717, 1.165) is 28.3 Å². The van der Waals surface area contributed by atoms with Crippen LogP contribution < -0.4 is 9.62 Å². The summed E-state index contributed by atoms with van der Waals surface area (Å²) in [5, 5.41) is 3.66. The molecule has 0 aliphatic carbocycles. The van der Waals surface area contributed by atoms with Crippen LogP contribution in [0.15, 0.2) is 72.8 Å². The van der Waals surface area contributed by atoms with Gasteiger partial charge in [0.25, 0.3) is 0 Å². The lowest BCUT2D eigenvalue weighted by Gasteiger charge is -2.34. The maximum Gasteiger partial charge on any atom is 0.244 e. The normalized spacial score (nSPS) is 12.8. The van der Waals surface area contributed by atoms with Crippen molar-refractivity contribution in [2.45, 2.75) is 45.3 Å². The predicted molar refractivity (Wildman–Crippen MR) is 157 cm³/mol. The number of sulfonamides is 1. The maximum absolute atomic E-state index is 14.0. The zero-order valence-corrected chi connectivity index (χ0v) is 24.8. The van der Waals surface area contributed by atoms with E-state index in [2.05, 4.69) is 5.32 Å². The molecule has 3 aromatic carbocycles. The van der Waals surface area contributed by atoms with Gasteiger partial charge in [-0.25, -0.2) is 12.8 Å². The van der Waals surface area contributed by atoms with Crippen molar-refractivity contribution in [1.82, 2.24) is 10.2 Å². The predicted octanol–water partition coefficient (Wildman–Crippen LogP) is 5.45. The lowest BCUT2D eigenvalue weighted by Crippen LogP contribution is -2.54. The first-order chi connectivity index (χ1) is 18.9. The third-order valence-electron chi connectivity index (χ3n) is 6.42. The van der Waals surface area contributed by atoms with E-state index in [-0.39, 0.29) is 30.6 Å². The summed E-state index contributed by atoms with van der Waals surface area (Å²) in [6.07, 6.45) is 1.81. The van der Waals surface area contributed by atoms with Crippen LogP contribution in [0.3, 0.4) is 0 Å². The fraction of sp³-hybridized carbons (Fsp3) is 0.310. The number of amides is 2. The van der Waals surface area contributed by atoms with Gasteiger partial charge in [0.05, 0.1) is 11.9 Å². The molecular formula is C29H32Cl2FN3O4S. The molecule has 2 amide bonds. The average Bonchev–Trinajstić information content (AvgIpc) is 2.90. The minimum absolute atomic E-state index is 0.0821. The van der Waals surface area contributed by atoms with Crippen molar-refractivity contribution in [1.29, 1.82) is 0 Å². The van der Waals surface area contributed by atoms with Gasteiger partial charge >= 0.3 is 0 Å². The fourth-order valence-corrected chi connectivity index (χ4v) is 5.37. The summed E-state index contributed by atoms with van der Waals surface area (Å²) in [5.74, 6) is -1.57. The first-order valence-corrected chi connectivity index (χ1v) is 15.3. The van der Waals surface area contributed by atoms with Crippen LogP contribution >= 0.6 is 23.2 Å². The number of hydrogen-bond acceptors (Lipinski definition) is 4. The molecule has 0 saturated heterocycles. The molecule has 1 N–H and O–H groups in total. The Kier molecular flexibility index (Phi) is 11.0. The summed E-state index contributed by atoms with van der Waals surface area (Å²) in [4.78, 5) is 29.0. The highest BCUT2D eigenvalue weighted by molar-refractivity contribution is 7.92. The second-order valence-corrected chi connectivity index (χ2v) is 12.3. The Bertz CT molecular complexity index is 1420. The van der Waals surface area contributed by atoms with E-state index in [0.29, 0.717) is 22.0 Å². The molecule has 3 aromatic rings. The summed E-state index contributed by atoms with van der Waals surface area (Å²) in [7, 11) is -3.95. The van der Waals surface area contributed by atoms with Gasteiger partial charge in [-0.2, -0.15) is 0 Å². The average molecular weight is 609 g/mol. The van der Waals surface area contributed by atoms with E-state index in [4.69, 9.17) is 23.2 Å². The van der Waals surface area contributed by atoms with Gasteiger partial charge < -0.3 is 10.2 Å². The van der Waals surface area contributed by atoms with Crippen LogP contribution in [-0.4, -0.2) is 50.0 Å². The highest BCUT2D eigenvalue weighted by Gasteiger charge is 2.33. The smallest absolute Gasteiger partial charge is 0.244 e. The van der Waals surface area contributed by atoms with Crippen molar-refractivity contribution >= 4 is 50.7 Å². The van der Waals surface area contributed by atoms with Gasteiger partial charge in [0.15, 0.2) is 0 Å². The third-order valence-corrected chi connectivity index (χ3v) is 8.15. The highest BCUT2D eigenvalue weighted by atomic mass is 35.5. The Hall–Kier alpha value is -3.14. The molecule has 0 unspecified atom stereocenters. The Morgan fingerprint density at radius 1 is 1.00 bits per heavy atom. The number of nitrogens with one attached hydrogen (secondary N) is 1. The standard InChI is InChI=1S/C29H32Cl2FN3O4S/c1-4-20(2)33-29(37)27(16-21-8-6-5-7-9-21)34(18-22-10-11-23(30)17-26(22)31)28(36)19-35(40(3,38)39)25-14-12-24(32)13-15-25/h5-15,17,20,27H,4,16,18-19H2,1-3H3,(H,33,37)/t20-,27+/m1/s1. The van der Waals surface area contributed by atoms with Gasteiger partial charge in [-0.05, 0) is 60.9 Å². The van der Waals surface area contributed by atoms with Gasteiger partial charge in [0.1, 0.15) is 18.4 Å². The summed E-state index contributed by atoms with van der Waals surface area (Å²) in [6.45, 7) is 3.10. The minimum Gasteiger partial charge on any atom is -0.352 e. The molecule has 0 heterocycles. The van der Waals surface area contributed by atoms with Gasteiger partial charge in [-0.15, -0.1) is 0 Å². The SMILES string of the molecule is CC[C@@H](C)NC(=O)[C@H](Cc1ccccc1)N(Cc1ccc(Cl)cc1Cl)C(=O)CN(c1ccc(F)cc1)S(C)(=O)=O. The van der Waals surface area contributed by atoms with Crippen LogP contribution in [0.25, 0.3) is 0 Å². The zero-order chi connectivity index (χ0) is 29.4. The molecule has 0 spiro atoms. The Morgan fingerprint density at radius 3 is 2.23 bits per heavy atom. The topological polar surface area (TPSA) is 86.8 Å². The third kappa shape index (κ3) is 8.68. The van der Waals surface area contributed by atoms with Crippen molar-refractivity contribution in [2.24, 2.45) is 0 Å². The summed E-state index contributed by atoms with van der Waals surface area (Å²) < 4.78 is 40.0. The van der Waals surface area contributed by atoms with Crippen LogP contribution in [0, 0.1) is 5.82 Å². The molecule has 0 bridgehead atoms. The van der Waals surface area contributed by atoms with E-state index in [1.807, 2.05) is 44.2 Å². The first-order valence-electron chi connectivity index (χ1n) is 12.7. The molecule has 0 aliphatic heterocycles. The van der Waals surface area contributed by atoms with Crippen molar-refractivity contribution in [2.75, 3.05) is 17.1 Å². The number of nitrogens with zero attached hydrogens (tertiary/aromatic N) is 2. The van der Waals surface area contributed by atoms with Crippen molar-refractivity contribution in [3.8, 4) is 0 Å². The molecule has 0 radical (unpaired) electrons. The molecule has 0 fully saturated rings. The van der Waals surface area contributed by atoms with Crippen molar-refractivity contribution in [3.05, 3.63) is 99.8 Å². The van der Waals surface area contributed by atoms with Gasteiger partial charge in [0.2, 0.25) is 21.8 Å². The first kappa shape index (κ1) is 31.4. The number of hydrogen-bond donors (Lipinski definition) is 1. The number of rotatable bonds is 12. The number of carbonyl (C=O) groups is 2. The van der Waals surface area contributed by atoms with Crippen LogP contribution in [0.4, 0.5) is 10.1 Å². The van der Waals surface area contributed by atoms with Crippen LogP contribution in [0.2, 0.25) is 10.0 Å². The monoisotopic (exact) mass is 607 g/mol. The number of anilines is 1. The minimum atomic E-state index is -3.95. The van der Waals surface area contributed by atoms with E-state index in [1.165, 1.54) is 23.1 Å². The van der Waals surface area contributed by atoms with Crippen LogP contribution in [0.1, 0.15) is 31.4 Å².